The average molecular weight is 368 g/mol. The fourth-order valence-electron chi connectivity index (χ4n) is 2.18. The van der Waals surface area contributed by atoms with Crippen molar-refractivity contribution in [2.45, 2.75) is 0 Å². The lowest BCUT2D eigenvalue weighted by Gasteiger charge is -1.92. The van der Waals surface area contributed by atoms with Gasteiger partial charge in [0.05, 0.1) is 0 Å². The Bertz CT molecular complexity index is 824. The van der Waals surface area contributed by atoms with Crippen molar-refractivity contribution in [3.05, 3.63) is 132 Å². The van der Waals surface area contributed by atoms with Crippen molar-refractivity contribution in [1.82, 2.24) is 0 Å². The van der Waals surface area contributed by atoms with Gasteiger partial charge in [0.1, 0.15) is 11.5 Å². The Morgan fingerprint density at radius 3 is 0.821 bits per heavy atom. The summed E-state index contributed by atoms with van der Waals surface area (Å²) in [4.78, 5) is 0. The van der Waals surface area contributed by atoms with Crippen LogP contribution in [0.2, 0.25) is 0 Å². The molecule has 2 N–H and O–H groups in total. The maximum atomic E-state index is 8.63. The molecule has 0 bridgehead atoms. The number of rotatable bonds is 2. The van der Waals surface area contributed by atoms with E-state index in [1.807, 2.05) is 48.5 Å². The molecule has 4 rings (SSSR count). The molecule has 0 saturated heterocycles. The Balaban J connectivity index is 0.000000168. The number of hydrogen-bond donors (Lipinski definition) is 2. The molecule has 0 saturated carbocycles. The summed E-state index contributed by atoms with van der Waals surface area (Å²) in [6, 6.07) is 38.1. The van der Waals surface area contributed by atoms with E-state index in [0.29, 0.717) is 11.5 Å². The van der Waals surface area contributed by atoms with Gasteiger partial charge in [-0.25, -0.2) is 0 Å². The summed E-state index contributed by atoms with van der Waals surface area (Å²) < 4.78 is 0. The van der Waals surface area contributed by atoms with Gasteiger partial charge in [0, 0.05) is 0 Å². The molecule has 0 fully saturated rings. The van der Waals surface area contributed by atoms with Crippen molar-refractivity contribution in [3.8, 4) is 11.5 Å². The van der Waals surface area contributed by atoms with E-state index >= 15 is 0 Å². The Kier molecular flexibility index (Phi) is 9.20. The zero-order chi connectivity index (χ0) is 19.9. The Hall–Kier alpha value is -3.78. The summed E-state index contributed by atoms with van der Waals surface area (Å²) in [5.74, 6) is 0.644. The molecular weight excluding hydrogens is 344 g/mol. The fraction of sp³-hybridized carbons (Fsp3) is 0. The molecule has 28 heavy (non-hydrogen) atoms. The predicted octanol–water partition coefficient (Wildman–Crippen LogP) is 6.64. The van der Waals surface area contributed by atoms with Crippen LogP contribution in [0.4, 0.5) is 0 Å². The van der Waals surface area contributed by atoms with Crippen LogP contribution in [0.3, 0.4) is 0 Å². The van der Waals surface area contributed by atoms with Gasteiger partial charge in [-0.15, -0.1) is 0 Å². The maximum Gasteiger partial charge on any atom is 0.115 e. The van der Waals surface area contributed by atoms with Gasteiger partial charge < -0.3 is 10.2 Å². The second kappa shape index (κ2) is 12.6. The van der Waals surface area contributed by atoms with Crippen molar-refractivity contribution in [2.24, 2.45) is 0 Å². The first-order valence-electron chi connectivity index (χ1n) is 9.00. The SMILES string of the molecule is C(=C\c1ccccc1)/c1ccccc1.Oc1ccccc1.Oc1ccccc1. The molecular formula is C26H24O2. The third kappa shape index (κ3) is 9.07. The van der Waals surface area contributed by atoms with Crippen LogP contribution < -0.4 is 0 Å². The lowest BCUT2D eigenvalue weighted by Crippen LogP contribution is -1.70. The Morgan fingerprint density at radius 2 is 0.607 bits per heavy atom. The number of aromatic hydroxyl groups is 2. The first-order valence-corrected chi connectivity index (χ1v) is 9.00. The van der Waals surface area contributed by atoms with E-state index in [9.17, 15) is 0 Å². The largest absolute Gasteiger partial charge is 0.508 e. The minimum atomic E-state index is 0.322. The molecule has 0 atom stereocenters. The molecule has 0 unspecified atom stereocenters. The van der Waals surface area contributed by atoms with Crippen LogP contribution in [0.15, 0.2) is 121 Å². The van der Waals surface area contributed by atoms with Gasteiger partial charge in [-0.1, -0.05) is 109 Å². The topological polar surface area (TPSA) is 40.5 Å². The molecule has 0 aliphatic heterocycles. The van der Waals surface area contributed by atoms with Crippen LogP contribution in [-0.2, 0) is 0 Å². The molecule has 4 aromatic carbocycles. The predicted molar refractivity (Wildman–Crippen MR) is 118 cm³/mol. The third-order valence-corrected chi connectivity index (χ3v) is 3.58. The van der Waals surface area contributed by atoms with Crippen LogP contribution in [0.5, 0.6) is 11.5 Å². The second-order valence-corrected chi connectivity index (χ2v) is 5.83. The van der Waals surface area contributed by atoms with Crippen LogP contribution in [0, 0.1) is 0 Å². The number of phenols is 2. The van der Waals surface area contributed by atoms with E-state index < -0.39 is 0 Å². The van der Waals surface area contributed by atoms with E-state index in [4.69, 9.17) is 10.2 Å². The minimum Gasteiger partial charge on any atom is -0.508 e. The highest BCUT2D eigenvalue weighted by Crippen LogP contribution is 2.07. The summed E-state index contributed by atoms with van der Waals surface area (Å²) >= 11 is 0. The molecule has 2 nitrogen and oxygen atoms in total. The molecule has 0 heterocycles. The second-order valence-electron chi connectivity index (χ2n) is 5.83. The van der Waals surface area contributed by atoms with Gasteiger partial charge in [0.2, 0.25) is 0 Å². The highest BCUT2D eigenvalue weighted by molar-refractivity contribution is 5.69. The average Bonchev–Trinajstić information content (AvgIpc) is 2.76. The molecule has 4 aromatic rings. The summed E-state index contributed by atoms with van der Waals surface area (Å²) in [5.41, 5.74) is 2.47. The molecule has 0 spiro atoms. The summed E-state index contributed by atoms with van der Waals surface area (Å²) in [7, 11) is 0. The first-order chi connectivity index (χ1) is 13.7. The van der Waals surface area contributed by atoms with Crippen LogP contribution in [0.25, 0.3) is 12.2 Å². The summed E-state index contributed by atoms with van der Waals surface area (Å²) in [5, 5.41) is 17.3. The van der Waals surface area contributed by atoms with Gasteiger partial charge in [-0.3, -0.25) is 0 Å². The van der Waals surface area contributed by atoms with Crippen molar-refractivity contribution in [1.29, 1.82) is 0 Å². The number of phenolic OH excluding ortho intramolecular Hbond substituents is 2. The maximum absolute atomic E-state index is 8.63. The lowest BCUT2D eigenvalue weighted by atomic mass is 10.1. The highest BCUT2D eigenvalue weighted by Gasteiger charge is 1.84. The molecule has 2 heteroatoms. The van der Waals surface area contributed by atoms with E-state index in [1.54, 1.807) is 48.5 Å². The summed E-state index contributed by atoms with van der Waals surface area (Å²) in [6.45, 7) is 0. The molecule has 0 radical (unpaired) electrons. The Morgan fingerprint density at radius 1 is 0.357 bits per heavy atom. The number of hydrogen-bond acceptors (Lipinski definition) is 2. The van der Waals surface area contributed by atoms with Gasteiger partial charge in [0.15, 0.2) is 0 Å². The van der Waals surface area contributed by atoms with Crippen molar-refractivity contribution >= 4 is 12.2 Å². The van der Waals surface area contributed by atoms with Crippen molar-refractivity contribution < 1.29 is 10.2 Å². The Labute approximate surface area is 166 Å². The number of para-hydroxylation sites is 2. The van der Waals surface area contributed by atoms with Gasteiger partial charge in [0.25, 0.3) is 0 Å². The minimum absolute atomic E-state index is 0.322. The van der Waals surface area contributed by atoms with Crippen molar-refractivity contribution in [2.75, 3.05) is 0 Å². The van der Waals surface area contributed by atoms with Crippen LogP contribution in [0.1, 0.15) is 11.1 Å². The fourth-order valence-corrected chi connectivity index (χ4v) is 2.18. The molecule has 0 aromatic heterocycles. The van der Waals surface area contributed by atoms with E-state index in [2.05, 4.69) is 36.4 Å². The molecule has 0 aliphatic rings. The normalized spacial score (nSPS) is 9.57. The lowest BCUT2D eigenvalue weighted by molar-refractivity contribution is 0.475. The summed E-state index contributed by atoms with van der Waals surface area (Å²) in [6.07, 6.45) is 4.24. The monoisotopic (exact) mass is 368 g/mol. The standard InChI is InChI=1S/C14H12.2C6H6O/c1-3-7-13(8-4-1)11-12-14-9-5-2-6-10-14;2*7-6-4-2-1-3-5-6/h1-12H;2*1-5,7H/b12-11+;;. The number of benzene rings is 4. The third-order valence-electron chi connectivity index (χ3n) is 3.58. The molecule has 0 amide bonds. The molecule has 140 valence electrons. The van der Waals surface area contributed by atoms with Gasteiger partial charge >= 0.3 is 0 Å². The highest BCUT2D eigenvalue weighted by atomic mass is 16.3. The first kappa shape index (κ1) is 20.5. The molecule has 0 aliphatic carbocycles. The van der Waals surface area contributed by atoms with Crippen LogP contribution in [-0.4, -0.2) is 10.2 Å². The van der Waals surface area contributed by atoms with Gasteiger partial charge in [-0.2, -0.15) is 0 Å². The van der Waals surface area contributed by atoms with E-state index in [0.717, 1.165) is 0 Å². The van der Waals surface area contributed by atoms with Crippen molar-refractivity contribution in [3.63, 3.8) is 0 Å². The quantitative estimate of drug-likeness (QED) is 0.389. The van der Waals surface area contributed by atoms with Gasteiger partial charge in [-0.05, 0) is 35.4 Å². The zero-order valence-corrected chi connectivity index (χ0v) is 15.6. The van der Waals surface area contributed by atoms with E-state index in [1.165, 1.54) is 11.1 Å². The van der Waals surface area contributed by atoms with Crippen LogP contribution >= 0.6 is 0 Å². The zero-order valence-electron chi connectivity index (χ0n) is 15.6. The van der Waals surface area contributed by atoms with E-state index in [-0.39, 0.29) is 0 Å². The smallest absolute Gasteiger partial charge is 0.115 e.